The molecule has 0 saturated heterocycles. The maximum Gasteiger partial charge on any atom is 0.0760 e. The topological polar surface area (TPSA) is 0 Å². The minimum Gasteiger partial charge on any atom is -0.146 e. The van der Waals surface area contributed by atoms with Crippen LogP contribution in [0.4, 0.5) is 0 Å². The van der Waals surface area contributed by atoms with E-state index in [-0.39, 0.29) is 4.83 Å². The number of halogens is 2. The van der Waals surface area contributed by atoms with Crippen molar-refractivity contribution < 1.29 is 0 Å². The van der Waals surface area contributed by atoms with Crippen LogP contribution < -0.4 is 0 Å². The number of hydrogen-bond acceptors (Lipinski definition) is 2. The van der Waals surface area contributed by atoms with Gasteiger partial charge in [0.15, 0.2) is 0 Å². The Morgan fingerprint density at radius 3 is 2.62 bits per heavy atom. The van der Waals surface area contributed by atoms with Crippen LogP contribution in [0, 0.1) is 0 Å². The van der Waals surface area contributed by atoms with E-state index in [0.29, 0.717) is 0 Å². The minimum absolute atomic E-state index is 0.269. The van der Waals surface area contributed by atoms with Crippen molar-refractivity contribution >= 4 is 55.0 Å². The lowest BCUT2D eigenvalue weighted by Crippen LogP contribution is -1.92. The largest absolute Gasteiger partial charge is 0.146 e. The maximum absolute atomic E-state index is 3.78. The highest BCUT2D eigenvalue weighted by Crippen LogP contribution is 2.41. The van der Waals surface area contributed by atoms with Gasteiger partial charge in [0.2, 0.25) is 0 Å². The van der Waals surface area contributed by atoms with Gasteiger partial charge in [0, 0.05) is 14.2 Å². The van der Waals surface area contributed by atoms with Crippen molar-refractivity contribution in [1.29, 1.82) is 0 Å². The van der Waals surface area contributed by atoms with Gasteiger partial charge >= 0.3 is 0 Å². The Bertz CT molecular complexity index is 479. The van der Waals surface area contributed by atoms with Crippen molar-refractivity contribution in [2.24, 2.45) is 0 Å². The number of thiophene rings is 1. The van der Waals surface area contributed by atoms with E-state index in [1.807, 2.05) is 0 Å². The fourth-order valence-corrected chi connectivity index (χ4v) is 5.16. The molecule has 0 bridgehead atoms. The van der Waals surface area contributed by atoms with E-state index in [1.54, 1.807) is 23.1 Å². The minimum atomic E-state index is 0.269. The molecule has 0 aliphatic carbocycles. The van der Waals surface area contributed by atoms with Gasteiger partial charge in [-0.15, -0.1) is 23.1 Å². The third-order valence-corrected chi connectivity index (χ3v) is 6.29. The Morgan fingerprint density at radius 1 is 1.25 bits per heavy atom. The summed E-state index contributed by atoms with van der Waals surface area (Å²) >= 11 is 10.9. The first kappa shape index (κ1) is 12.7. The van der Waals surface area contributed by atoms with Gasteiger partial charge in [0.1, 0.15) is 0 Å². The number of benzene rings is 1. The van der Waals surface area contributed by atoms with E-state index in [4.69, 9.17) is 0 Å². The molecule has 0 saturated carbocycles. The Kier molecular flexibility index (Phi) is 4.53. The average molecular weight is 378 g/mol. The molecule has 0 radical (unpaired) electrons. The first-order valence-corrected chi connectivity index (χ1v) is 8.55. The number of hydrogen-bond donors (Lipinski definition) is 0. The highest BCUT2D eigenvalue weighted by Gasteiger charge is 2.17. The molecule has 0 N–H and O–H groups in total. The standard InChI is InChI=1S/C12H10Br2S2/c1-15-10-5-3-2-4-8(10)11(14)12-9(13)6-7-16-12/h2-7,11H,1H3. The highest BCUT2D eigenvalue weighted by atomic mass is 79.9. The van der Waals surface area contributed by atoms with E-state index in [9.17, 15) is 0 Å². The molecule has 0 amide bonds. The first-order chi connectivity index (χ1) is 7.74. The van der Waals surface area contributed by atoms with E-state index < -0.39 is 0 Å². The zero-order chi connectivity index (χ0) is 11.5. The summed E-state index contributed by atoms with van der Waals surface area (Å²) in [6.45, 7) is 0. The molecule has 1 heterocycles. The fraction of sp³-hybridized carbons (Fsp3) is 0.167. The molecule has 1 aromatic heterocycles. The van der Waals surface area contributed by atoms with Crippen LogP contribution in [0.5, 0.6) is 0 Å². The molecule has 1 unspecified atom stereocenters. The molecular weight excluding hydrogens is 368 g/mol. The lowest BCUT2D eigenvalue weighted by molar-refractivity contribution is 1.14. The highest BCUT2D eigenvalue weighted by molar-refractivity contribution is 9.11. The summed E-state index contributed by atoms with van der Waals surface area (Å²) in [6, 6.07) is 10.6. The smallest absolute Gasteiger partial charge is 0.0760 e. The third-order valence-electron chi connectivity index (χ3n) is 2.29. The van der Waals surface area contributed by atoms with Crippen molar-refractivity contribution in [1.82, 2.24) is 0 Å². The van der Waals surface area contributed by atoms with Crippen molar-refractivity contribution in [3.05, 3.63) is 50.6 Å². The first-order valence-electron chi connectivity index (χ1n) is 4.74. The van der Waals surface area contributed by atoms with Crippen molar-refractivity contribution in [3.8, 4) is 0 Å². The number of rotatable bonds is 3. The van der Waals surface area contributed by atoms with E-state index in [0.717, 1.165) is 0 Å². The van der Waals surface area contributed by atoms with Gasteiger partial charge in [-0.25, -0.2) is 0 Å². The normalized spacial score (nSPS) is 12.7. The van der Waals surface area contributed by atoms with Gasteiger partial charge in [0.25, 0.3) is 0 Å². The summed E-state index contributed by atoms with van der Waals surface area (Å²) in [5, 5.41) is 2.11. The van der Waals surface area contributed by atoms with Crippen molar-refractivity contribution in [2.75, 3.05) is 6.26 Å². The van der Waals surface area contributed by atoms with Crippen molar-refractivity contribution in [2.45, 2.75) is 9.72 Å². The maximum atomic E-state index is 3.78. The summed E-state index contributed by atoms with van der Waals surface area (Å²) in [7, 11) is 0. The van der Waals surface area contributed by atoms with Gasteiger partial charge in [0.05, 0.1) is 4.83 Å². The lowest BCUT2D eigenvalue weighted by atomic mass is 10.1. The molecule has 0 aliphatic heterocycles. The molecule has 0 fully saturated rings. The molecule has 0 spiro atoms. The molecule has 4 heteroatoms. The predicted octanol–water partition coefficient (Wildman–Crippen LogP) is 5.72. The molecule has 1 aromatic carbocycles. The fourth-order valence-electron chi connectivity index (χ4n) is 1.50. The quantitative estimate of drug-likeness (QED) is 0.487. The average Bonchev–Trinajstić information content (AvgIpc) is 2.74. The summed E-state index contributed by atoms with van der Waals surface area (Å²) in [5.74, 6) is 0. The molecule has 2 aromatic rings. The Balaban J connectivity index is 2.41. The van der Waals surface area contributed by atoms with Crippen LogP contribution in [0.15, 0.2) is 45.1 Å². The molecular formula is C12H10Br2S2. The Hall–Kier alpha value is 0.230. The van der Waals surface area contributed by atoms with Crippen LogP contribution in [-0.2, 0) is 0 Å². The van der Waals surface area contributed by atoms with Crippen LogP contribution in [0.3, 0.4) is 0 Å². The number of alkyl halides is 1. The van der Waals surface area contributed by atoms with Crippen molar-refractivity contribution in [3.63, 3.8) is 0 Å². The molecule has 1 atom stereocenters. The SMILES string of the molecule is CSc1ccccc1C(Br)c1sccc1Br. The Morgan fingerprint density at radius 2 is 2.00 bits per heavy atom. The van der Waals surface area contributed by atoms with Gasteiger partial charge in [-0.1, -0.05) is 34.1 Å². The zero-order valence-electron chi connectivity index (χ0n) is 8.61. The number of thioether (sulfide) groups is 1. The van der Waals surface area contributed by atoms with Gasteiger partial charge in [-0.05, 0) is 45.3 Å². The van der Waals surface area contributed by atoms with Gasteiger partial charge in [-0.2, -0.15) is 0 Å². The third kappa shape index (κ3) is 2.55. The zero-order valence-corrected chi connectivity index (χ0v) is 13.4. The van der Waals surface area contributed by atoms with E-state index >= 15 is 0 Å². The molecule has 16 heavy (non-hydrogen) atoms. The second-order valence-electron chi connectivity index (χ2n) is 3.24. The summed E-state index contributed by atoms with van der Waals surface area (Å²) in [4.78, 5) is 2.91. The molecule has 0 nitrogen and oxygen atoms in total. The van der Waals surface area contributed by atoms with Crippen LogP contribution in [0.2, 0.25) is 0 Å². The monoisotopic (exact) mass is 376 g/mol. The summed E-state index contributed by atoms with van der Waals surface area (Å²) < 4.78 is 1.18. The van der Waals surface area contributed by atoms with Gasteiger partial charge < -0.3 is 0 Å². The van der Waals surface area contributed by atoms with E-state index in [2.05, 4.69) is 73.8 Å². The second kappa shape index (κ2) is 5.71. The van der Waals surface area contributed by atoms with Gasteiger partial charge in [-0.3, -0.25) is 0 Å². The summed E-state index contributed by atoms with van der Waals surface area (Å²) in [6.07, 6.45) is 2.11. The molecule has 0 aliphatic rings. The van der Waals surface area contributed by atoms with Crippen LogP contribution in [0.1, 0.15) is 15.3 Å². The van der Waals surface area contributed by atoms with Crippen LogP contribution in [-0.4, -0.2) is 6.26 Å². The van der Waals surface area contributed by atoms with E-state index in [1.165, 1.54) is 19.8 Å². The predicted molar refractivity (Wildman–Crippen MR) is 81.0 cm³/mol. The second-order valence-corrected chi connectivity index (χ2v) is 6.80. The van der Waals surface area contributed by atoms with Crippen LogP contribution in [0.25, 0.3) is 0 Å². The molecule has 84 valence electrons. The lowest BCUT2D eigenvalue weighted by Gasteiger charge is -2.13. The van der Waals surface area contributed by atoms with Crippen LogP contribution >= 0.6 is 55.0 Å². The Labute approximate surface area is 121 Å². The molecule has 2 rings (SSSR count). The summed E-state index contributed by atoms with van der Waals surface area (Å²) in [5.41, 5.74) is 1.33.